The van der Waals surface area contributed by atoms with Crippen molar-refractivity contribution in [2.45, 2.75) is 45.3 Å². The van der Waals surface area contributed by atoms with Crippen LogP contribution in [0.15, 0.2) is 60.7 Å². The molecule has 16 heteroatoms. The minimum absolute atomic E-state index is 0.0902. The van der Waals surface area contributed by atoms with Gasteiger partial charge in [0.15, 0.2) is 0 Å². The van der Waals surface area contributed by atoms with Crippen LogP contribution in [-0.4, -0.2) is 79.8 Å². The average Bonchev–Trinajstić information content (AvgIpc) is 3.10. The quantitative estimate of drug-likeness (QED) is 0.141. The van der Waals surface area contributed by atoms with Crippen LogP contribution in [-0.2, 0) is 9.59 Å². The molecule has 254 valence electrons. The highest BCUT2D eigenvalue weighted by atomic mass is 16.6. The van der Waals surface area contributed by atoms with E-state index in [1.807, 2.05) is 0 Å². The first-order valence-electron chi connectivity index (χ1n) is 15.5. The fourth-order valence-electron chi connectivity index (χ4n) is 6.36. The van der Waals surface area contributed by atoms with Crippen molar-refractivity contribution < 1.29 is 38.6 Å². The molecule has 50 heavy (non-hydrogen) atoms. The number of hydrogen-bond acceptors (Lipinski definition) is 10. The molecule has 6 rings (SSSR count). The molecule has 3 atom stereocenters. The monoisotopic (exact) mass is 680 g/mol. The van der Waals surface area contributed by atoms with Crippen molar-refractivity contribution in [1.82, 2.24) is 20.4 Å². The molecule has 4 aromatic rings. The first-order chi connectivity index (χ1) is 23.7. The summed E-state index contributed by atoms with van der Waals surface area (Å²) >= 11 is 0. The lowest BCUT2D eigenvalue weighted by Crippen LogP contribution is -2.56. The molecule has 16 nitrogen and oxygen atoms in total. The number of hydrogen-bond donors (Lipinski definition) is 2. The van der Waals surface area contributed by atoms with Crippen molar-refractivity contribution in [3.05, 3.63) is 103 Å². The summed E-state index contributed by atoms with van der Waals surface area (Å²) in [5.74, 6) is -4.75. The van der Waals surface area contributed by atoms with Crippen molar-refractivity contribution >= 4 is 68.4 Å². The Hall–Kier alpha value is -6.58. The van der Waals surface area contributed by atoms with Gasteiger partial charge in [0.25, 0.3) is 35.0 Å². The van der Waals surface area contributed by atoms with Crippen LogP contribution in [0.25, 0.3) is 21.5 Å². The van der Waals surface area contributed by atoms with Gasteiger partial charge in [0.05, 0.1) is 21.0 Å². The number of imide groups is 2. The summed E-state index contributed by atoms with van der Waals surface area (Å²) in [6.07, 6.45) is 0.282. The van der Waals surface area contributed by atoms with Gasteiger partial charge in [-0.05, 0) is 43.2 Å². The third kappa shape index (κ3) is 5.35. The van der Waals surface area contributed by atoms with E-state index in [4.69, 9.17) is 0 Å². The van der Waals surface area contributed by atoms with E-state index in [-0.39, 0.29) is 57.4 Å². The predicted octanol–water partition coefficient (Wildman–Crippen LogP) is 3.49. The van der Waals surface area contributed by atoms with E-state index in [0.29, 0.717) is 10.8 Å². The minimum atomic E-state index is -1.35. The topological polar surface area (TPSA) is 219 Å². The normalized spacial score (nSPS) is 15.6. The fraction of sp³-hybridized carbons (Fsp3) is 0.235. The molecule has 0 radical (unpaired) electrons. The van der Waals surface area contributed by atoms with Gasteiger partial charge in [0.2, 0.25) is 11.8 Å². The molecule has 0 aromatic heterocycles. The molecule has 0 spiro atoms. The van der Waals surface area contributed by atoms with Crippen LogP contribution >= 0.6 is 0 Å². The van der Waals surface area contributed by atoms with Crippen molar-refractivity contribution in [3.63, 3.8) is 0 Å². The zero-order valence-electron chi connectivity index (χ0n) is 26.8. The van der Waals surface area contributed by atoms with Gasteiger partial charge >= 0.3 is 0 Å². The van der Waals surface area contributed by atoms with Crippen LogP contribution in [0.1, 0.15) is 68.6 Å². The number of amides is 6. The van der Waals surface area contributed by atoms with Gasteiger partial charge in [0, 0.05) is 58.8 Å². The fourth-order valence-corrected chi connectivity index (χ4v) is 6.36. The first-order valence-corrected chi connectivity index (χ1v) is 15.5. The molecule has 0 saturated carbocycles. The Bertz CT molecular complexity index is 2230. The smallest absolute Gasteiger partial charge is 0.270 e. The maximum atomic E-state index is 13.5. The van der Waals surface area contributed by atoms with Crippen molar-refractivity contribution in [1.29, 1.82) is 0 Å². The molecule has 2 N–H and O–H groups in total. The van der Waals surface area contributed by atoms with E-state index in [1.54, 1.807) is 19.1 Å². The van der Waals surface area contributed by atoms with Crippen LogP contribution in [0.3, 0.4) is 0 Å². The molecule has 2 aliphatic heterocycles. The summed E-state index contributed by atoms with van der Waals surface area (Å²) in [7, 11) is 0. The van der Waals surface area contributed by atoms with Crippen molar-refractivity contribution in [2.24, 2.45) is 0 Å². The van der Waals surface area contributed by atoms with Crippen molar-refractivity contribution in [3.8, 4) is 0 Å². The predicted molar refractivity (Wildman–Crippen MR) is 176 cm³/mol. The Morgan fingerprint density at radius 3 is 1.52 bits per heavy atom. The Morgan fingerprint density at radius 1 is 0.680 bits per heavy atom. The summed E-state index contributed by atoms with van der Waals surface area (Å²) < 4.78 is 0. The molecule has 2 heterocycles. The van der Waals surface area contributed by atoms with E-state index in [2.05, 4.69) is 10.6 Å². The molecule has 6 amide bonds. The maximum Gasteiger partial charge on any atom is 0.270 e. The number of non-ortho nitro benzene ring substituents is 2. The molecule has 0 fully saturated rings. The van der Waals surface area contributed by atoms with E-state index < -0.39 is 63.4 Å². The van der Waals surface area contributed by atoms with Crippen LogP contribution in [0.2, 0.25) is 0 Å². The lowest BCUT2D eigenvalue weighted by molar-refractivity contribution is -0.384. The highest BCUT2D eigenvalue weighted by Gasteiger charge is 2.41. The maximum absolute atomic E-state index is 13.5. The number of nitro groups is 2. The van der Waals surface area contributed by atoms with E-state index >= 15 is 0 Å². The van der Waals surface area contributed by atoms with Gasteiger partial charge < -0.3 is 10.6 Å². The second kappa shape index (κ2) is 12.5. The Morgan fingerprint density at radius 2 is 1.10 bits per heavy atom. The first kappa shape index (κ1) is 33.3. The van der Waals surface area contributed by atoms with E-state index in [9.17, 15) is 49.0 Å². The zero-order chi connectivity index (χ0) is 36.2. The number of benzene rings is 4. The number of nitro benzene ring substituents is 2. The Labute approximate surface area is 282 Å². The molecule has 0 aliphatic carbocycles. The molecule has 0 saturated heterocycles. The third-order valence-electron chi connectivity index (χ3n) is 9.04. The second-order valence-electron chi connectivity index (χ2n) is 12.0. The largest absolute Gasteiger partial charge is 0.352 e. The van der Waals surface area contributed by atoms with Crippen LogP contribution in [0, 0.1) is 20.2 Å². The number of carbonyl (C=O) groups excluding carboxylic acids is 6. The Kier molecular flexibility index (Phi) is 8.31. The number of rotatable bonds is 10. The lowest BCUT2D eigenvalue weighted by Gasteiger charge is -2.32. The summed E-state index contributed by atoms with van der Waals surface area (Å²) in [5, 5.41) is 29.5. The number of nitrogens with one attached hydrogen (secondary N) is 2. The van der Waals surface area contributed by atoms with Gasteiger partial charge in [0.1, 0.15) is 12.1 Å². The SMILES string of the molecule is CCC(CNC(=O)[C@H](C)N1C(=O)c2cccc3cc([N+](=O)[O-])cc(c23)C1=O)NC(=O)[C@H](C)N1C(=O)c2cccc3cc([N+](=O)[O-])cc(c23)C1=O. The summed E-state index contributed by atoms with van der Waals surface area (Å²) in [6, 6.07) is 10.3. The van der Waals surface area contributed by atoms with Gasteiger partial charge in [-0.1, -0.05) is 31.2 Å². The lowest BCUT2D eigenvalue weighted by atomic mass is 9.92. The molecule has 0 bridgehead atoms. The highest BCUT2D eigenvalue weighted by molar-refractivity contribution is 6.28. The average molecular weight is 681 g/mol. The minimum Gasteiger partial charge on any atom is -0.352 e. The molecular formula is C34H28N6O10. The van der Waals surface area contributed by atoms with E-state index in [1.165, 1.54) is 50.2 Å². The van der Waals surface area contributed by atoms with Crippen LogP contribution < -0.4 is 10.6 Å². The van der Waals surface area contributed by atoms with Gasteiger partial charge in [-0.3, -0.25) is 58.8 Å². The second-order valence-corrected chi connectivity index (χ2v) is 12.0. The van der Waals surface area contributed by atoms with E-state index in [0.717, 1.165) is 21.9 Å². The van der Waals surface area contributed by atoms with Gasteiger partial charge in [-0.25, -0.2) is 0 Å². The van der Waals surface area contributed by atoms with Crippen molar-refractivity contribution in [2.75, 3.05) is 6.54 Å². The Balaban J connectivity index is 1.15. The van der Waals surface area contributed by atoms with Crippen LogP contribution in [0.5, 0.6) is 0 Å². The highest BCUT2D eigenvalue weighted by Crippen LogP contribution is 2.36. The zero-order valence-corrected chi connectivity index (χ0v) is 26.8. The molecule has 4 aromatic carbocycles. The standard InChI is InChI=1S/C34H28N6O10/c1-4-20(36-30(42)17(3)38-32(44)24-10-6-8-19-12-22(40(49)50)14-26(28(19)24)34(38)46)15-35-29(41)16(2)37-31(43)23-9-5-7-18-11-21(39(47)48)13-25(27(18)23)33(37)45/h5-14,16-17,20H,4,15H2,1-3H3,(H,35,41)(H,36,42)/t16-,17-,20?/m0/s1. The number of nitrogens with zero attached hydrogens (tertiary/aromatic N) is 4. The molecular weight excluding hydrogens is 652 g/mol. The van der Waals surface area contributed by atoms with Crippen LogP contribution in [0.4, 0.5) is 11.4 Å². The summed E-state index contributed by atoms with van der Waals surface area (Å²) in [5.41, 5.74) is -0.670. The molecule has 1 unspecified atom stereocenters. The third-order valence-corrected chi connectivity index (χ3v) is 9.04. The summed E-state index contributed by atoms with van der Waals surface area (Å²) in [4.78, 5) is 104. The van der Waals surface area contributed by atoms with Gasteiger partial charge in [-0.15, -0.1) is 0 Å². The van der Waals surface area contributed by atoms with Gasteiger partial charge in [-0.2, -0.15) is 0 Å². The number of carbonyl (C=O) groups is 6. The molecule has 2 aliphatic rings. The summed E-state index contributed by atoms with van der Waals surface area (Å²) in [6.45, 7) is 4.20.